The number of amides is 2. The van der Waals surface area contributed by atoms with Crippen molar-refractivity contribution in [2.45, 2.75) is 77.2 Å². The van der Waals surface area contributed by atoms with Crippen molar-refractivity contribution in [1.29, 1.82) is 0 Å². The van der Waals surface area contributed by atoms with Crippen LogP contribution in [-0.4, -0.2) is 63.9 Å². The van der Waals surface area contributed by atoms with Gasteiger partial charge in [0, 0.05) is 12.3 Å². The van der Waals surface area contributed by atoms with Gasteiger partial charge in [-0.2, -0.15) is 0 Å². The monoisotopic (exact) mass is 593 g/mol. The van der Waals surface area contributed by atoms with Crippen LogP contribution < -0.4 is 10.1 Å². The van der Waals surface area contributed by atoms with Crippen LogP contribution in [0.4, 0.5) is 4.79 Å². The summed E-state index contributed by atoms with van der Waals surface area (Å²) in [5.74, 6) is 0.638. The Kier molecular flexibility index (Phi) is 12.5. The van der Waals surface area contributed by atoms with Gasteiger partial charge in [-0.25, -0.2) is 4.79 Å². The van der Waals surface area contributed by atoms with Gasteiger partial charge < -0.3 is 30.0 Å². The van der Waals surface area contributed by atoms with E-state index in [2.05, 4.69) is 5.32 Å². The van der Waals surface area contributed by atoms with E-state index in [1.807, 2.05) is 60.7 Å². The summed E-state index contributed by atoms with van der Waals surface area (Å²) >= 11 is 0. The Morgan fingerprint density at radius 2 is 1.51 bits per heavy atom. The van der Waals surface area contributed by atoms with Gasteiger partial charge in [-0.05, 0) is 69.4 Å². The second-order valence-corrected chi connectivity index (χ2v) is 11.3. The molecule has 0 bridgehead atoms. The van der Waals surface area contributed by atoms with Crippen molar-refractivity contribution in [2.24, 2.45) is 0 Å². The van der Waals surface area contributed by atoms with Gasteiger partial charge in [0.2, 0.25) is 6.41 Å². The summed E-state index contributed by atoms with van der Waals surface area (Å²) < 4.78 is 5.86. The number of hydrogen-bond acceptors (Lipinski definition) is 8. The van der Waals surface area contributed by atoms with Crippen molar-refractivity contribution >= 4 is 12.5 Å². The number of rotatable bonds is 15. The Hall–Kier alpha value is -3.96. The van der Waals surface area contributed by atoms with Crippen molar-refractivity contribution in [3.05, 3.63) is 102 Å². The summed E-state index contributed by atoms with van der Waals surface area (Å²) in [5.41, 5.74) is 1.84. The molecule has 3 aromatic carbocycles. The first-order chi connectivity index (χ1) is 20.5. The minimum atomic E-state index is -1.20. The maximum atomic E-state index is 13.4. The predicted molar refractivity (Wildman–Crippen MR) is 162 cm³/mol. The van der Waals surface area contributed by atoms with Crippen molar-refractivity contribution in [3.63, 3.8) is 0 Å². The number of aliphatic hydroxyl groups excluding tert-OH is 2. The van der Waals surface area contributed by atoms with Crippen LogP contribution >= 0.6 is 0 Å². The molecule has 0 fully saturated rings. The third-order valence-corrected chi connectivity index (χ3v) is 6.57. The third-order valence-electron chi connectivity index (χ3n) is 6.57. The minimum Gasteiger partial charge on any atom is -0.489 e. The summed E-state index contributed by atoms with van der Waals surface area (Å²) in [5, 5.41) is 25.0. The number of likely N-dealkylation sites (N-methyl/N-ethyl adjacent to an activating group) is 1. The lowest BCUT2D eigenvalue weighted by atomic mass is 10.0. The number of ether oxygens (including phenoxy) is 1. The van der Waals surface area contributed by atoms with Gasteiger partial charge in [-0.1, -0.05) is 72.8 Å². The van der Waals surface area contributed by atoms with Crippen LogP contribution in [0.25, 0.3) is 0 Å². The normalized spacial score (nSPS) is 14.3. The number of hydrogen-bond donors (Lipinski definition) is 3. The molecule has 0 aliphatic rings. The third kappa shape index (κ3) is 10.7. The number of benzene rings is 3. The van der Waals surface area contributed by atoms with E-state index in [1.54, 1.807) is 52.0 Å². The molecule has 0 spiro atoms. The zero-order valence-corrected chi connectivity index (χ0v) is 25.4. The molecule has 3 aromatic rings. The molecule has 232 valence electrons. The summed E-state index contributed by atoms with van der Waals surface area (Å²) in [7, 11) is 1.49. The lowest BCUT2D eigenvalue weighted by Crippen LogP contribution is -2.56. The van der Waals surface area contributed by atoms with Gasteiger partial charge >= 0.3 is 6.09 Å². The smallest absolute Gasteiger partial charge is 0.431 e. The lowest BCUT2D eigenvalue weighted by molar-refractivity contribution is -0.404. The van der Waals surface area contributed by atoms with Crippen molar-refractivity contribution in [2.75, 3.05) is 7.05 Å². The first-order valence-electron chi connectivity index (χ1n) is 14.3. The second-order valence-electron chi connectivity index (χ2n) is 11.3. The minimum absolute atomic E-state index is 0.252. The quantitative estimate of drug-likeness (QED) is 0.131. The van der Waals surface area contributed by atoms with E-state index in [0.29, 0.717) is 30.8 Å². The summed E-state index contributed by atoms with van der Waals surface area (Å²) in [6, 6.07) is 25.7. The van der Waals surface area contributed by atoms with Crippen LogP contribution in [0.15, 0.2) is 84.9 Å². The van der Waals surface area contributed by atoms with Crippen molar-refractivity contribution in [3.8, 4) is 5.75 Å². The molecule has 0 saturated heterocycles. The first kappa shape index (κ1) is 33.5. The topological polar surface area (TPSA) is 121 Å². The Morgan fingerprint density at radius 1 is 0.930 bits per heavy atom. The molecule has 0 aliphatic heterocycles. The molecule has 3 N–H and O–H groups in total. The van der Waals surface area contributed by atoms with Gasteiger partial charge in [-0.3, -0.25) is 9.63 Å². The molecule has 0 aliphatic carbocycles. The zero-order valence-electron chi connectivity index (χ0n) is 25.4. The number of carbonyl (C=O) groups is 2. The first-order valence-corrected chi connectivity index (χ1v) is 14.3. The summed E-state index contributed by atoms with van der Waals surface area (Å²) in [6.07, 6.45) is -3.01. The Bertz CT molecular complexity index is 1250. The largest absolute Gasteiger partial charge is 0.489 e. The summed E-state index contributed by atoms with van der Waals surface area (Å²) in [4.78, 5) is 37.7. The average Bonchev–Trinajstić information content (AvgIpc) is 2.98. The molecule has 10 heteroatoms. The molecule has 2 amide bonds. The zero-order chi connectivity index (χ0) is 31.4. The fourth-order valence-corrected chi connectivity index (χ4v) is 4.48. The van der Waals surface area contributed by atoms with Crippen LogP contribution in [0.1, 0.15) is 56.8 Å². The number of nitrogens with zero attached hydrogens (tertiary/aromatic N) is 2. The molecule has 0 radical (unpaired) electrons. The molecule has 3 rings (SSSR count). The highest BCUT2D eigenvalue weighted by molar-refractivity contribution is 5.67. The highest BCUT2D eigenvalue weighted by atomic mass is 17.0. The van der Waals surface area contributed by atoms with Gasteiger partial charge in [0.15, 0.2) is 6.17 Å². The van der Waals surface area contributed by atoms with E-state index in [1.165, 1.54) is 11.9 Å². The molecule has 10 nitrogen and oxygen atoms in total. The van der Waals surface area contributed by atoms with Crippen LogP contribution in [0.2, 0.25) is 0 Å². The lowest BCUT2D eigenvalue weighted by Gasteiger charge is -2.37. The fraction of sp³-hybridized carbons (Fsp3) is 0.394. The summed E-state index contributed by atoms with van der Waals surface area (Å²) in [6.45, 7) is 7.20. The number of aryl methyl sites for hydroxylation is 1. The predicted octanol–water partition coefficient (Wildman–Crippen LogP) is 4.77. The molecule has 4 atom stereocenters. The molecule has 0 heterocycles. The van der Waals surface area contributed by atoms with Crippen molar-refractivity contribution < 1.29 is 34.2 Å². The van der Waals surface area contributed by atoms with Crippen molar-refractivity contribution in [1.82, 2.24) is 15.4 Å². The van der Waals surface area contributed by atoms with Crippen LogP contribution in [0.3, 0.4) is 0 Å². The fourth-order valence-electron chi connectivity index (χ4n) is 4.48. The van der Waals surface area contributed by atoms with Gasteiger partial charge in [0.1, 0.15) is 12.4 Å². The maximum Gasteiger partial charge on any atom is 0.431 e. The van der Waals surface area contributed by atoms with Gasteiger partial charge in [0.25, 0.3) is 0 Å². The van der Waals surface area contributed by atoms with E-state index in [9.17, 15) is 19.8 Å². The van der Waals surface area contributed by atoms with E-state index in [4.69, 9.17) is 14.4 Å². The number of hydroxylamine groups is 2. The van der Waals surface area contributed by atoms with Crippen LogP contribution in [-0.2, 0) is 27.5 Å². The van der Waals surface area contributed by atoms with Gasteiger partial charge in [-0.15, -0.1) is 0 Å². The maximum absolute atomic E-state index is 13.4. The highest BCUT2D eigenvalue weighted by Gasteiger charge is 2.36. The molecular formula is C33H43N3O7. The molecule has 43 heavy (non-hydrogen) atoms. The molecule has 0 aromatic heterocycles. The van der Waals surface area contributed by atoms with Crippen LogP contribution in [0.5, 0.6) is 5.75 Å². The SMILES string of the molecule is CC(O)C(c1ccc(OCc2ccccc2)cc1)N(C)C(=O)ON(OC(C)(C)C)C(NC=O)C(O)CCc1ccccc1. The van der Waals surface area contributed by atoms with E-state index < -0.39 is 36.1 Å². The van der Waals surface area contributed by atoms with E-state index in [0.717, 1.165) is 16.4 Å². The van der Waals surface area contributed by atoms with Crippen LogP contribution in [0, 0.1) is 0 Å². The standard InChI is InChI=1S/C33H43N3O7/c1-24(38)30(27-17-19-28(20-18-27)41-22-26-14-10-7-11-15-26)35(5)32(40)42-36(43-33(2,3)4)31(34-23-37)29(39)21-16-25-12-8-6-9-13-25/h6-15,17-20,23-24,29-31,38-39H,16,21-22H2,1-5H3,(H,34,37). The van der Waals surface area contributed by atoms with E-state index >= 15 is 0 Å². The molecule has 4 unspecified atom stereocenters. The second kappa shape index (κ2) is 16.0. The van der Waals surface area contributed by atoms with E-state index in [-0.39, 0.29) is 6.42 Å². The number of carbonyl (C=O) groups excluding carboxylic acids is 2. The molecular weight excluding hydrogens is 550 g/mol. The highest BCUT2D eigenvalue weighted by Crippen LogP contribution is 2.27. The molecule has 0 saturated carbocycles. The average molecular weight is 594 g/mol. The Morgan fingerprint density at radius 3 is 2.05 bits per heavy atom. The number of aliphatic hydroxyl groups is 2. The van der Waals surface area contributed by atoms with Gasteiger partial charge in [0.05, 0.1) is 23.9 Å². The Balaban J connectivity index is 1.74. The number of nitrogens with one attached hydrogen (secondary N) is 1. The Labute approximate surface area is 253 Å².